The number of halogens is 5. The number of carbonyl (C=O) groups is 1. The number of ether oxygens (including phenoxy) is 1. The number of hydrogen-bond donors (Lipinski definition) is 0. The average Bonchev–Trinajstić information content (AvgIpc) is 2.19. The first-order valence-electron chi connectivity index (χ1n) is 6.05. The van der Waals surface area contributed by atoms with E-state index in [4.69, 9.17) is 4.74 Å². The topological polar surface area (TPSA) is 26.3 Å². The lowest BCUT2D eigenvalue weighted by Gasteiger charge is -2.22. The monoisotopic (exact) mass is 322 g/mol. The molecule has 0 aromatic heterocycles. The molecule has 120 valence electrons. The van der Waals surface area contributed by atoms with E-state index in [9.17, 15) is 26.7 Å². The number of esters is 1. The standard InChI is InChI=1S/C12H19F5O2S/c1-8(9(18)19-10(2,3)4)20-7-5-6-11(13,14)12(15,16)17/h8H,5-7H2,1-4H3. The summed E-state index contributed by atoms with van der Waals surface area (Å²) >= 11 is 1.00. The fourth-order valence-electron chi connectivity index (χ4n) is 1.15. The van der Waals surface area contributed by atoms with Crippen molar-refractivity contribution in [1.82, 2.24) is 0 Å². The molecule has 0 aromatic rings. The number of thioether (sulfide) groups is 1. The summed E-state index contributed by atoms with van der Waals surface area (Å²) < 4.78 is 66.0. The minimum atomic E-state index is -5.52. The van der Waals surface area contributed by atoms with E-state index in [0.29, 0.717) is 0 Å². The molecule has 0 aromatic carbocycles. The lowest BCUT2D eigenvalue weighted by molar-refractivity contribution is -0.284. The van der Waals surface area contributed by atoms with Crippen LogP contribution >= 0.6 is 11.8 Å². The van der Waals surface area contributed by atoms with Gasteiger partial charge in [0, 0.05) is 6.42 Å². The normalized spacial score (nSPS) is 15.1. The molecule has 0 rings (SSSR count). The van der Waals surface area contributed by atoms with Crippen LogP contribution in [0.25, 0.3) is 0 Å². The van der Waals surface area contributed by atoms with Gasteiger partial charge in [-0.15, -0.1) is 11.8 Å². The van der Waals surface area contributed by atoms with E-state index in [1.165, 1.54) is 6.92 Å². The molecule has 0 aliphatic carbocycles. The highest BCUT2D eigenvalue weighted by atomic mass is 32.2. The molecule has 20 heavy (non-hydrogen) atoms. The first-order valence-corrected chi connectivity index (χ1v) is 7.10. The predicted octanol–water partition coefficient (Wildman–Crippen LogP) is 4.43. The van der Waals surface area contributed by atoms with Crippen molar-refractivity contribution >= 4 is 17.7 Å². The highest BCUT2D eigenvalue weighted by Crippen LogP contribution is 2.39. The van der Waals surface area contributed by atoms with E-state index < -0.39 is 35.3 Å². The molecule has 0 radical (unpaired) electrons. The molecule has 1 atom stereocenters. The van der Waals surface area contributed by atoms with E-state index in [2.05, 4.69) is 0 Å². The van der Waals surface area contributed by atoms with Crippen molar-refractivity contribution in [3.05, 3.63) is 0 Å². The molecule has 2 nitrogen and oxygen atoms in total. The van der Waals surface area contributed by atoms with Crippen LogP contribution in [0.5, 0.6) is 0 Å². The smallest absolute Gasteiger partial charge is 0.453 e. The molecule has 0 bridgehead atoms. The number of carbonyl (C=O) groups excluding carboxylic acids is 1. The first kappa shape index (κ1) is 19.5. The summed E-state index contributed by atoms with van der Waals surface area (Å²) in [6.45, 7) is 6.59. The molecule has 0 aliphatic heterocycles. The molecule has 0 heterocycles. The minimum absolute atomic E-state index is 0.0338. The minimum Gasteiger partial charge on any atom is -0.459 e. The third kappa shape index (κ3) is 7.31. The fourth-order valence-corrected chi connectivity index (χ4v) is 2.00. The summed E-state index contributed by atoms with van der Waals surface area (Å²) in [6, 6.07) is 0. The Bertz CT molecular complexity index is 323. The Morgan fingerprint density at radius 3 is 2.05 bits per heavy atom. The Morgan fingerprint density at radius 1 is 1.15 bits per heavy atom. The van der Waals surface area contributed by atoms with Crippen molar-refractivity contribution < 1.29 is 31.5 Å². The Kier molecular flexibility index (Phi) is 6.77. The maximum atomic E-state index is 12.6. The quantitative estimate of drug-likeness (QED) is 0.411. The molecular formula is C12H19F5O2S. The van der Waals surface area contributed by atoms with Crippen LogP contribution in [0.1, 0.15) is 40.5 Å². The third-order valence-electron chi connectivity index (χ3n) is 2.16. The summed E-state index contributed by atoms with van der Waals surface area (Å²) in [5, 5.41) is -0.603. The van der Waals surface area contributed by atoms with Crippen LogP contribution in [-0.4, -0.2) is 34.7 Å². The second kappa shape index (κ2) is 6.95. The third-order valence-corrected chi connectivity index (χ3v) is 3.37. The van der Waals surface area contributed by atoms with Crippen molar-refractivity contribution in [2.75, 3.05) is 5.75 Å². The van der Waals surface area contributed by atoms with Crippen molar-refractivity contribution in [2.45, 2.75) is 63.5 Å². The Balaban J connectivity index is 4.05. The van der Waals surface area contributed by atoms with Crippen molar-refractivity contribution in [1.29, 1.82) is 0 Å². The number of hydrogen-bond acceptors (Lipinski definition) is 3. The van der Waals surface area contributed by atoms with Gasteiger partial charge in [-0.25, -0.2) is 0 Å². The summed E-state index contributed by atoms with van der Waals surface area (Å²) in [5.74, 6) is -5.15. The highest BCUT2D eigenvalue weighted by Gasteiger charge is 2.56. The fraction of sp³-hybridized carbons (Fsp3) is 0.917. The zero-order valence-electron chi connectivity index (χ0n) is 11.8. The van der Waals surface area contributed by atoms with E-state index in [1.54, 1.807) is 20.8 Å². The first-order chi connectivity index (χ1) is 8.76. The van der Waals surface area contributed by atoms with Gasteiger partial charge < -0.3 is 4.74 Å². The van der Waals surface area contributed by atoms with Gasteiger partial charge in [-0.3, -0.25) is 4.79 Å². The summed E-state index contributed by atoms with van der Waals surface area (Å²) in [7, 11) is 0. The van der Waals surface area contributed by atoms with Gasteiger partial charge in [0.05, 0.1) is 5.25 Å². The molecule has 0 amide bonds. The van der Waals surface area contributed by atoms with Crippen molar-refractivity contribution in [3.8, 4) is 0 Å². The molecule has 8 heteroatoms. The van der Waals surface area contributed by atoms with E-state index >= 15 is 0 Å². The maximum Gasteiger partial charge on any atom is 0.453 e. The van der Waals surface area contributed by atoms with Gasteiger partial charge in [-0.05, 0) is 39.9 Å². The van der Waals surface area contributed by atoms with Gasteiger partial charge in [-0.2, -0.15) is 22.0 Å². The molecule has 0 saturated carbocycles. The number of alkyl halides is 5. The molecule has 1 unspecified atom stereocenters. The second-order valence-corrected chi connectivity index (χ2v) is 6.80. The van der Waals surface area contributed by atoms with Crippen LogP contribution in [0, 0.1) is 0 Å². The Hall–Kier alpha value is -0.530. The zero-order valence-corrected chi connectivity index (χ0v) is 12.6. The van der Waals surface area contributed by atoms with Crippen LogP contribution in [-0.2, 0) is 9.53 Å². The van der Waals surface area contributed by atoms with Crippen LogP contribution in [0.3, 0.4) is 0 Å². The lowest BCUT2D eigenvalue weighted by atomic mass is 10.2. The maximum absolute atomic E-state index is 12.6. The molecule has 0 spiro atoms. The van der Waals surface area contributed by atoms with E-state index in [1.807, 2.05) is 0 Å². The summed E-state index contributed by atoms with van der Waals surface area (Å²) in [4.78, 5) is 11.5. The van der Waals surface area contributed by atoms with Crippen LogP contribution in [0.4, 0.5) is 22.0 Å². The average molecular weight is 322 g/mol. The highest BCUT2D eigenvalue weighted by molar-refractivity contribution is 8.00. The van der Waals surface area contributed by atoms with E-state index in [-0.39, 0.29) is 12.2 Å². The Labute approximate surface area is 119 Å². The largest absolute Gasteiger partial charge is 0.459 e. The van der Waals surface area contributed by atoms with Crippen LogP contribution in [0.15, 0.2) is 0 Å². The van der Waals surface area contributed by atoms with Gasteiger partial charge in [0.25, 0.3) is 0 Å². The van der Waals surface area contributed by atoms with Gasteiger partial charge in [0.1, 0.15) is 5.60 Å². The molecule has 0 saturated heterocycles. The molecular weight excluding hydrogens is 303 g/mol. The lowest BCUT2D eigenvalue weighted by Crippen LogP contribution is -2.36. The zero-order chi connectivity index (χ0) is 16.2. The van der Waals surface area contributed by atoms with Crippen molar-refractivity contribution in [2.24, 2.45) is 0 Å². The van der Waals surface area contributed by atoms with Crippen LogP contribution in [0.2, 0.25) is 0 Å². The molecule has 0 N–H and O–H groups in total. The Morgan fingerprint density at radius 2 is 1.65 bits per heavy atom. The van der Waals surface area contributed by atoms with Gasteiger partial charge in [0.2, 0.25) is 0 Å². The predicted molar refractivity (Wildman–Crippen MR) is 68.0 cm³/mol. The summed E-state index contributed by atoms with van der Waals surface area (Å²) in [5.41, 5.74) is -0.658. The van der Waals surface area contributed by atoms with Crippen LogP contribution < -0.4 is 0 Å². The van der Waals surface area contributed by atoms with Crippen molar-refractivity contribution in [3.63, 3.8) is 0 Å². The van der Waals surface area contributed by atoms with Gasteiger partial charge in [-0.1, -0.05) is 0 Å². The second-order valence-electron chi connectivity index (χ2n) is 5.35. The SMILES string of the molecule is CC(SCCCC(F)(F)C(F)(F)F)C(=O)OC(C)(C)C. The van der Waals surface area contributed by atoms with Gasteiger partial charge >= 0.3 is 18.1 Å². The molecule has 0 fully saturated rings. The van der Waals surface area contributed by atoms with E-state index in [0.717, 1.165) is 11.8 Å². The van der Waals surface area contributed by atoms with Gasteiger partial charge in [0.15, 0.2) is 0 Å². The number of rotatable bonds is 6. The molecule has 0 aliphatic rings. The summed E-state index contributed by atoms with van der Waals surface area (Å²) in [6.07, 6.45) is -7.12.